The lowest BCUT2D eigenvalue weighted by atomic mass is 10.2. The van der Waals surface area contributed by atoms with E-state index in [4.69, 9.17) is 0 Å². The number of rotatable bonds is 3. The highest BCUT2D eigenvalue weighted by Gasteiger charge is 2.23. The monoisotopic (exact) mass is 378 g/mol. The molecule has 2 N–H and O–H groups in total. The smallest absolute Gasteiger partial charge is 0.224 e. The van der Waals surface area contributed by atoms with Gasteiger partial charge < -0.3 is 10.6 Å². The predicted molar refractivity (Wildman–Crippen MR) is 97.1 cm³/mol. The van der Waals surface area contributed by atoms with Gasteiger partial charge in [0.05, 0.1) is 16.9 Å². The second kappa shape index (κ2) is 6.34. The molecule has 3 heterocycles. The lowest BCUT2D eigenvalue weighted by molar-refractivity contribution is 0.559. The Bertz CT molecular complexity index is 1170. The quantitative estimate of drug-likeness (QED) is 0.498. The number of tetrazole rings is 1. The van der Waals surface area contributed by atoms with Gasteiger partial charge in [-0.3, -0.25) is 0 Å². The van der Waals surface area contributed by atoms with Crippen molar-refractivity contribution in [3.63, 3.8) is 0 Å². The van der Waals surface area contributed by atoms with Crippen molar-refractivity contribution in [1.82, 2.24) is 30.2 Å². The van der Waals surface area contributed by atoms with Crippen molar-refractivity contribution in [3.8, 4) is 17.1 Å². The first kappa shape index (κ1) is 16.2. The Morgan fingerprint density at radius 2 is 1.86 bits per heavy atom. The van der Waals surface area contributed by atoms with E-state index in [2.05, 4.69) is 36.1 Å². The third kappa shape index (κ3) is 2.62. The van der Waals surface area contributed by atoms with Crippen LogP contribution in [0.3, 0.4) is 0 Å². The lowest BCUT2D eigenvalue weighted by Gasteiger charge is -2.11. The maximum absolute atomic E-state index is 13.8. The van der Waals surface area contributed by atoms with E-state index in [1.165, 1.54) is 18.2 Å². The molecule has 0 spiro atoms. The summed E-state index contributed by atoms with van der Waals surface area (Å²) in [5.74, 6) is -0.0825. The minimum Gasteiger partial charge on any atom is -0.350 e. The summed E-state index contributed by atoms with van der Waals surface area (Å²) >= 11 is 0. The van der Waals surface area contributed by atoms with Gasteiger partial charge in [-0.25, -0.2) is 13.8 Å². The number of para-hydroxylation sites is 2. The third-order valence-electron chi connectivity index (χ3n) is 4.37. The molecule has 0 fully saturated rings. The number of hydrogen-bond donors (Lipinski definition) is 2. The van der Waals surface area contributed by atoms with Crippen LogP contribution in [0.5, 0.6) is 0 Å². The van der Waals surface area contributed by atoms with Crippen molar-refractivity contribution in [1.29, 1.82) is 0 Å². The van der Waals surface area contributed by atoms with E-state index in [0.29, 0.717) is 17.2 Å². The molecule has 0 atom stereocenters. The number of benzene rings is 2. The molecule has 2 aromatic heterocycles. The summed E-state index contributed by atoms with van der Waals surface area (Å²) in [6.45, 7) is -0.0916. The van der Waals surface area contributed by atoms with E-state index >= 15 is 0 Å². The summed E-state index contributed by atoms with van der Waals surface area (Å²) < 4.78 is 29.2. The van der Waals surface area contributed by atoms with Crippen LogP contribution in [0.1, 0.15) is 5.56 Å². The van der Waals surface area contributed by atoms with Crippen LogP contribution in [0, 0.1) is 11.6 Å². The molecule has 10 heteroatoms. The number of halogens is 2. The van der Waals surface area contributed by atoms with Gasteiger partial charge >= 0.3 is 0 Å². The fourth-order valence-corrected chi connectivity index (χ4v) is 3.00. The topological polar surface area (TPSA) is 93.4 Å². The molecule has 2 aromatic carbocycles. The van der Waals surface area contributed by atoms with E-state index in [0.717, 1.165) is 11.4 Å². The molecular formula is C18H12F2N8. The Morgan fingerprint density at radius 1 is 1.04 bits per heavy atom. The predicted octanol–water partition coefficient (Wildman–Crippen LogP) is 3.07. The summed E-state index contributed by atoms with van der Waals surface area (Å²) in [6, 6.07) is 11.2. The lowest BCUT2D eigenvalue weighted by Crippen LogP contribution is -2.08. The largest absolute Gasteiger partial charge is 0.350 e. The minimum atomic E-state index is -0.631. The highest BCUT2D eigenvalue weighted by Crippen LogP contribution is 2.35. The fourth-order valence-electron chi connectivity index (χ4n) is 3.00. The van der Waals surface area contributed by atoms with Crippen LogP contribution < -0.4 is 10.6 Å². The summed E-state index contributed by atoms with van der Waals surface area (Å²) in [4.78, 5) is 8.67. The van der Waals surface area contributed by atoms with E-state index in [1.54, 1.807) is 10.9 Å². The third-order valence-corrected chi connectivity index (χ3v) is 4.37. The first-order valence-electron chi connectivity index (χ1n) is 8.39. The average molecular weight is 378 g/mol. The van der Waals surface area contributed by atoms with E-state index in [1.807, 2.05) is 24.3 Å². The molecule has 0 aliphatic carbocycles. The average Bonchev–Trinajstić information content (AvgIpc) is 3.13. The minimum absolute atomic E-state index is 0.0803. The Balaban J connectivity index is 1.51. The zero-order valence-corrected chi connectivity index (χ0v) is 14.3. The molecule has 1 aliphatic rings. The van der Waals surface area contributed by atoms with Crippen LogP contribution in [0.15, 0.2) is 48.7 Å². The van der Waals surface area contributed by atoms with Crippen molar-refractivity contribution in [3.05, 3.63) is 65.9 Å². The highest BCUT2D eigenvalue weighted by molar-refractivity contribution is 5.81. The van der Waals surface area contributed by atoms with Gasteiger partial charge in [-0.1, -0.05) is 18.2 Å². The molecule has 0 unspecified atom stereocenters. The van der Waals surface area contributed by atoms with Gasteiger partial charge in [0.15, 0.2) is 5.82 Å². The standard InChI is InChI=1S/C18H12F2N8/c19-12-4-3-5-13(20)10(12)8-21-18-22-9-11-16(24-18)23-14-6-1-2-7-15(14)28-17(11)25-26-27-28/h1-7,9H,8H2,(H2,21,22,23,24). The summed E-state index contributed by atoms with van der Waals surface area (Å²) in [5.41, 5.74) is 2.05. The number of fused-ring (bicyclic) bond motifs is 5. The normalized spacial score (nSPS) is 11.6. The van der Waals surface area contributed by atoms with Gasteiger partial charge in [-0.05, 0) is 34.7 Å². The number of anilines is 3. The Kier molecular flexibility index (Phi) is 3.68. The fraction of sp³-hybridized carbons (Fsp3) is 0.0556. The first-order valence-corrected chi connectivity index (χ1v) is 8.39. The Labute approximate surface area is 157 Å². The maximum atomic E-state index is 13.8. The van der Waals surface area contributed by atoms with Crippen LogP contribution in [0.4, 0.5) is 26.2 Å². The van der Waals surface area contributed by atoms with Crippen LogP contribution in [0.2, 0.25) is 0 Å². The maximum Gasteiger partial charge on any atom is 0.224 e. The molecule has 1 aliphatic heterocycles. The molecule has 5 rings (SSSR count). The number of nitrogens with one attached hydrogen (secondary N) is 2. The molecule has 0 saturated heterocycles. The highest BCUT2D eigenvalue weighted by atomic mass is 19.1. The van der Waals surface area contributed by atoms with Gasteiger partial charge in [0, 0.05) is 18.3 Å². The van der Waals surface area contributed by atoms with Crippen molar-refractivity contribution < 1.29 is 8.78 Å². The van der Waals surface area contributed by atoms with Gasteiger partial charge in [0.2, 0.25) is 5.95 Å². The molecule has 8 nitrogen and oxygen atoms in total. The SMILES string of the molecule is Fc1cccc(F)c1CNc1ncc2c(n1)Nc1ccccc1-n1nnnc1-2. The molecule has 0 radical (unpaired) electrons. The summed E-state index contributed by atoms with van der Waals surface area (Å²) in [7, 11) is 0. The van der Waals surface area contributed by atoms with Crippen molar-refractivity contribution in [2.24, 2.45) is 0 Å². The number of hydrogen-bond acceptors (Lipinski definition) is 7. The molecule has 28 heavy (non-hydrogen) atoms. The van der Waals surface area contributed by atoms with Crippen LogP contribution in [-0.4, -0.2) is 30.2 Å². The van der Waals surface area contributed by atoms with Gasteiger partial charge in [-0.2, -0.15) is 9.67 Å². The second-order valence-corrected chi connectivity index (χ2v) is 6.07. The number of aromatic nitrogens is 6. The van der Waals surface area contributed by atoms with Crippen LogP contribution >= 0.6 is 0 Å². The zero-order valence-electron chi connectivity index (χ0n) is 14.3. The Hall–Kier alpha value is -3.95. The van der Waals surface area contributed by atoms with Crippen molar-refractivity contribution >= 4 is 17.5 Å². The van der Waals surface area contributed by atoms with E-state index < -0.39 is 11.6 Å². The molecule has 0 amide bonds. The molecular weight excluding hydrogens is 366 g/mol. The van der Waals surface area contributed by atoms with Gasteiger partial charge in [0.1, 0.15) is 17.5 Å². The molecule has 138 valence electrons. The molecule has 0 saturated carbocycles. The second-order valence-electron chi connectivity index (χ2n) is 6.07. The van der Waals surface area contributed by atoms with Crippen molar-refractivity contribution in [2.75, 3.05) is 10.6 Å². The molecule has 0 bridgehead atoms. The molecule has 4 aromatic rings. The van der Waals surface area contributed by atoms with Crippen LogP contribution in [0.25, 0.3) is 17.1 Å². The first-order chi connectivity index (χ1) is 13.7. The van der Waals surface area contributed by atoms with Gasteiger partial charge in [-0.15, -0.1) is 5.10 Å². The van der Waals surface area contributed by atoms with Gasteiger partial charge in [0.25, 0.3) is 0 Å². The Morgan fingerprint density at radius 3 is 2.71 bits per heavy atom. The number of nitrogens with zero attached hydrogens (tertiary/aromatic N) is 6. The zero-order chi connectivity index (χ0) is 19.1. The van der Waals surface area contributed by atoms with E-state index in [9.17, 15) is 8.78 Å². The summed E-state index contributed by atoms with van der Waals surface area (Å²) in [5, 5.41) is 17.9. The summed E-state index contributed by atoms with van der Waals surface area (Å²) in [6.07, 6.45) is 1.56. The van der Waals surface area contributed by atoms with E-state index in [-0.39, 0.29) is 18.1 Å². The van der Waals surface area contributed by atoms with Crippen LogP contribution in [-0.2, 0) is 6.54 Å². The van der Waals surface area contributed by atoms with Crippen molar-refractivity contribution in [2.45, 2.75) is 6.54 Å².